The second-order valence-electron chi connectivity index (χ2n) is 7.02. The monoisotopic (exact) mass is 440 g/mol. The van der Waals surface area contributed by atoms with Crippen LogP contribution in [0.15, 0.2) is 66.7 Å². The molecule has 0 saturated carbocycles. The molecule has 1 unspecified atom stereocenters. The van der Waals surface area contributed by atoms with E-state index in [9.17, 15) is 19.1 Å². The fraction of sp³-hybridized carbons (Fsp3) is 0.130. The molecule has 3 aromatic rings. The quantitative estimate of drug-likeness (QED) is 0.634. The van der Waals surface area contributed by atoms with Crippen molar-refractivity contribution in [1.82, 2.24) is 0 Å². The molecule has 158 valence electrons. The highest BCUT2D eigenvalue weighted by Gasteiger charge is 2.51. The number of hydrogen-bond donors (Lipinski definition) is 2. The minimum atomic E-state index is -2.10. The molecule has 0 radical (unpaired) electrons. The minimum absolute atomic E-state index is 0.0874. The van der Waals surface area contributed by atoms with Gasteiger partial charge in [0, 0.05) is 16.1 Å². The molecule has 1 aliphatic heterocycles. The van der Waals surface area contributed by atoms with E-state index in [0.717, 1.165) is 6.07 Å². The molecule has 31 heavy (non-hydrogen) atoms. The number of rotatable bonds is 5. The molecule has 1 heterocycles. The van der Waals surface area contributed by atoms with Gasteiger partial charge in [0.1, 0.15) is 18.1 Å². The lowest BCUT2D eigenvalue weighted by atomic mass is 9.87. The number of halogens is 2. The molecule has 2 amide bonds. The number of aliphatic hydroxyl groups is 1. The first-order chi connectivity index (χ1) is 14.8. The molecule has 2 N–H and O–H groups in total. The number of carbonyl (C=O) groups is 2. The topological polar surface area (TPSA) is 78.9 Å². The Balaban J connectivity index is 1.66. The first-order valence-corrected chi connectivity index (χ1v) is 9.75. The van der Waals surface area contributed by atoms with Crippen molar-refractivity contribution < 1.29 is 23.8 Å². The normalized spacial score (nSPS) is 17.4. The average Bonchev–Trinajstić information content (AvgIpc) is 2.97. The maximum Gasteiger partial charge on any atom is 0.268 e. The molecule has 1 atom stereocenters. The lowest BCUT2D eigenvalue weighted by molar-refractivity contribution is -0.133. The summed E-state index contributed by atoms with van der Waals surface area (Å²) in [6.07, 6.45) is 0. The van der Waals surface area contributed by atoms with Crippen LogP contribution in [0.3, 0.4) is 0 Å². The maximum absolute atomic E-state index is 13.8. The SMILES string of the molecule is COc1ccc(Cl)cc1NC(=O)CN1C(=O)C(O)(c2cccc(F)c2)c2ccccc21. The van der Waals surface area contributed by atoms with E-state index in [-0.39, 0.29) is 17.7 Å². The number of amides is 2. The molecule has 0 fully saturated rings. The van der Waals surface area contributed by atoms with Crippen LogP contribution in [-0.2, 0) is 15.2 Å². The summed E-state index contributed by atoms with van der Waals surface area (Å²) in [4.78, 5) is 27.2. The van der Waals surface area contributed by atoms with Crippen LogP contribution >= 0.6 is 11.6 Å². The van der Waals surface area contributed by atoms with E-state index in [0.29, 0.717) is 22.1 Å². The smallest absolute Gasteiger partial charge is 0.268 e. The summed E-state index contributed by atoms with van der Waals surface area (Å²) in [6, 6.07) is 16.5. The number of methoxy groups -OCH3 is 1. The summed E-state index contributed by atoms with van der Waals surface area (Å²) in [5.41, 5.74) is -1.02. The van der Waals surface area contributed by atoms with Crippen LogP contribution in [-0.4, -0.2) is 30.6 Å². The lowest BCUT2D eigenvalue weighted by Crippen LogP contribution is -2.44. The number of nitrogens with one attached hydrogen (secondary N) is 1. The standard InChI is InChI=1S/C23H18ClFN2O4/c1-31-20-10-9-15(24)12-18(20)26-21(28)13-27-19-8-3-2-7-17(19)23(30,22(27)29)14-5-4-6-16(25)11-14/h2-12,30H,13H2,1H3,(H,26,28). The van der Waals surface area contributed by atoms with Gasteiger partial charge in [0.2, 0.25) is 5.91 Å². The van der Waals surface area contributed by atoms with Gasteiger partial charge in [-0.25, -0.2) is 4.39 Å². The third-order valence-corrected chi connectivity index (χ3v) is 5.35. The Kier molecular flexibility index (Phi) is 5.39. The van der Waals surface area contributed by atoms with Gasteiger partial charge in [0.05, 0.1) is 18.5 Å². The van der Waals surface area contributed by atoms with Gasteiger partial charge in [-0.3, -0.25) is 14.5 Å². The van der Waals surface area contributed by atoms with Gasteiger partial charge in [-0.2, -0.15) is 0 Å². The highest BCUT2D eigenvalue weighted by atomic mass is 35.5. The maximum atomic E-state index is 13.8. The Morgan fingerprint density at radius 2 is 1.94 bits per heavy atom. The van der Waals surface area contributed by atoms with Crippen molar-refractivity contribution in [1.29, 1.82) is 0 Å². The number of benzene rings is 3. The van der Waals surface area contributed by atoms with Crippen molar-refractivity contribution in [2.24, 2.45) is 0 Å². The lowest BCUT2D eigenvalue weighted by Gasteiger charge is -2.23. The molecule has 3 aromatic carbocycles. The third-order valence-electron chi connectivity index (χ3n) is 5.12. The molecule has 0 aromatic heterocycles. The van der Waals surface area contributed by atoms with Crippen molar-refractivity contribution in [2.45, 2.75) is 5.60 Å². The molecular weight excluding hydrogens is 423 g/mol. The van der Waals surface area contributed by atoms with Gasteiger partial charge in [-0.05, 0) is 36.4 Å². The largest absolute Gasteiger partial charge is 0.495 e. The molecule has 0 saturated heterocycles. The van der Waals surface area contributed by atoms with Crippen molar-refractivity contribution >= 4 is 34.8 Å². The fourth-order valence-corrected chi connectivity index (χ4v) is 3.87. The summed E-state index contributed by atoms with van der Waals surface area (Å²) in [6.45, 7) is -0.372. The molecule has 0 aliphatic carbocycles. The van der Waals surface area contributed by atoms with Crippen molar-refractivity contribution in [3.8, 4) is 5.75 Å². The van der Waals surface area contributed by atoms with Gasteiger partial charge in [0.25, 0.3) is 5.91 Å². The molecule has 1 aliphatic rings. The van der Waals surface area contributed by atoms with Gasteiger partial charge in [0.15, 0.2) is 5.60 Å². The van der Waals surface area contributed by atoms with Crippen LogP contribution < -0.4 is 15.0 Å². The second kappa shape index (κ2) is 8.02. The summed E-state index contributed by atoms with van der Waals surface area (Å²) in [5, 5.41) is 14.4. The van der Waals surface area contributed by atoms with Crippen LogP contribution in [0, 0.1) is 5.82 Å². The van der Waals surface area contributed by atoms with E-state index in [1.54, 1.807) is 36.4 Å². The molecule has 8 heteroatoms. The highest BCUT2D eigenvalue weighted by molar-refractivity contribution is 6.31. The number of nitrogens with zero attached hydrogens (tertiary/aromatic N) is 1. The van der Waals surface area contributed by atoms with E-state index >= 15 is 0 Å². The van der Waals surface area contributed by atoms with Crippen LogP contribution in [0.2, 0.25) is 5.02 Å². The second-order valence-corrected chi connectivity index (χ2v) is 7.46. The number of anilines is 2. The minimum Gasteiger partial charge on any atom is -0.495 e. The van der Waals surface area contributed by atoms with Crippen LogP contribution in [0.5, 0.6) is 5.75 Å². The number of para-hydroxylation sites is 1. The van der Waals surface area contributed by atoms with Crippen molar-refractivity contribution in [2.75, 3.05) is 23.9 Å². The number of hydrogen-bond acceptors (Lipinski definition) is 4. The fourth-order valence-electron chi connectivity index (χ4n) is 3.70. The molecule has 0 bridgehead atoms. The summed E-state index contributed by atoms with van der Waals surface area (Å²) in [5.74, 6) is -1.44. The average molecular weight is 441 g/mol. The Morgan fingerprint density at radius 1 is 1.16 bits per heavy atom. The van der Waals surface area contributed by atoms with Crippen LogP contribution in [0.4, 0.5) is 15.8 Å². The Hall–Kier alpha value is -3.42. The van der Waals surface area contributed by atoms with E-state index in [2.05, 4.69) is 5.32 Å². The summed E-state index contributed by atoms with van der Waals surface area (Å²) in [7, 11) is 1.46. The Bertz CT molecular complexity index is 1190. The first kappa shape index (κ1) is 20.8. The molecular formula is C23H18ClFN2O4. The number of ether oxygens (including phenoxy) is 1. The van der Waals surface area contributed by atoms with Crippen LogP contribution in [0.1, 0.15) is 11.1 Å². The zero-order valence-electron chi connectivity index (χ0n) is 16.4. The third kappa shape index (κ3) is 3.62. The highest BCUT2D eigenvalue weighted by Crippen LogP contribution is 2.44. The molecule has 0 spiro atoms. The zero-order chi connectivity index (χ0) is 22.2. The van der Waals surface area contributed by atoms with E-state index in [1.165, 1.54) is 36.3 Å². The Morgan fingerprint density at radius 3 is 2.68 bits per heavy atom. The zero-order valence-corrected chi connectivity index (χ0v) is 17.2. The van der Waals surface area contributed by atoms with Gasteiger partial charge in [-0.15, -0.1) is 0 Å². The van der Waals surface area contributed by atoms with Crippen molar-refractivity contribution in [3.63, 3.8) is 0 Å². The molecule has 6 nitrogen and oxygen atoms in total. The summed E-state index contributed by atoms with van der Waals surface area (Å²) < 4.78 is 19.0. The van der Waals surface area contributed by atoms with Crippen LogP contribution in [0.25, 0.3) is 0 Å². The molecule has 4 rings (SSSR count). The van der Waals surface area contributed by atoms with Crippen molar-refractivity contribution in [3.05, 3.63) is 88.7 Å². The first-order valence-electron chi connectivity index (χ1n) is 9.38. The van der Waals surface area contributed by atoms with E-state index in [4.69, 9.17) is 16.3 Å². The Labute approximate surface area is 182 Å². The number of fused-ring (bicyclic) bond motifs is 1. The predicted molar refractivity (Wildman–Crippen MR) is 115 cm³/mol. The van der Waals surface area contributed by atoms with E-state index < -0.39 is 23.2 Å². The van der Waals surface area contributed by atoms with Gasteiger partial charge >= 0.3 is 0 Å². The van der Waals surface area contributed by atoms with E-state index in [1.807, 2.05) is 0 Å². The summed E-state index contributed by atoms with van der Waals surface area (Å²) >= 11 is 6.00. The predicted octanol–water partition coefficient (Wildman–Crippen LogP) is 3.71. The number of carbonyl (C=O) groups excluding carboxylic acids is 2. The van der Waals surface area contributed by atoms with Gasteiger partial charge in [-0.1, -0.05) is 41.9 Å². The van der Waals surface area contributed by atoms with Gasteiger partial charge < -0.3 is 15.2 Å².